The van der Waals surface area contributed by atoms with E-state index < -0.39 is 29.5 Å². The SMILES string of the molecule is COc1ccc2c(c1F)C(=O)N(CC1(C#Cc3ccc(-c4cccc(N5CCN(C6CCCCC6)CC5)n4)cc3)NC(O)NC1=O)C2. The quantitative estimate of drug-likeness (QED) is 0.354. The Morgan fingerprint density at radius 1 is 1.02 bits per heavy atom. The molecule has 3 aromatic rings. The van der Waals surface area contributed by atoms with Crippen LogP contribution in [0.25, 0.3) is 11.3 Å². The Labute approximate surface area is 273 Å². The number of hydrogen-bond donors (Lipinski definition) is 3. The fourth-order valence-electron chi connectivity index (χ4n) is 7.23. The van der Waals surface area contributed by atoms with Crippen LogP contribution in [-0.4, -0.2) is 89.5 Å². The first-order valence-electron chi connectivity index (χ1n) is 16.3. The van der Waals surface area contributed by atoms with E-state index >= 15 is 0 Å². The molecule has 0 spiro atoms. The van der Waals surface area contributed by atoms with Crippen molar-refractivity contribution in [1.29, 1.82) is 0 Å². The summed E-state index contributed by atoms with van der Waals surface area (Å²) in [6.45, 7) is 3.98. The topological polar surface area (TPSA) is 110 Å². The molecule has 1 aliphatic carbocycles. The molecule has 11 heteroatoms. The summed E-state index contributed by atoms with van der Waals surface area (Å²) < 4.78 is 20.0. The number of carbonyl (C=O) groups excluding carboxylic acids is 2. The standard InChI is InChI=1S/C36H39FN6O4/c1-47-29-15-14-26-22-43(33(44)31(26)32(29)37)23-36(34(45)39-35(46)40-36)17-16-24-10-12-25(13-11-24)28-8-5-9-30(38-28)42-20-18-41(19-21-42)27-6-3-2-4-7-27/h5,8-15,27,35,40,46H,2-4,6-7,18-23H2,1H3,(H,39,45). The van der Waals surface area contributed by atoms with E-state index in [1.165, 1.54) is 50.2 Å². The van der Waals surface area contributed by atoms with Gasteiger partial charge in [0, 0.05) is 49.9 Å². The lowest BCUT2D eigenvalue weighted by molar-refractivity contribution is -0.123. The molecule has 2 amide bonds. The number of pyridine rings is 1. The van der Waals surface area contributed by atoms with Crippen molar-refractivity contribution in [3.63, 3.8) is 0 Å². The molecule has 3 aliphatic heterocycles. The first kappa shape index (κ1) is 31.1. The van der Waals surface area contributed by atoms with E-state index in [1.807, 2.05) is 36.4 Å². The maximum Gasteiger partial charge on any atom is 0.257 e. The van der Waals surface area contributed by atoms with Gasteiger partial charge in [0.1, 0.15) is 5.82 Å². The number of rotatable bonds is 6. The van der Waals surface area contributed by atoms with Crippen LogP contribution in [0.4, 0.5) is 10.2 Å². The van der Waals surface area contributed by atoms with Crippen molar-refractivity contribution < 1.29 is 23.8 Å². The molecule has 4 aliphatic rings. The summed E-state index contributed by atoms with van der Waals surface area (Å²) in [4.78, 5) is 37.6. The molecule has 7 rings (SSSR count). The lowest BCUT2D eigenvalue weighted by Gasteiger charge is -2.41. The molecular formula is C36H39FN6O4. The molecule has 3 fully saturated rings. The molecule has 0 radical (unpaired) electrons. The van der Waals surface area contributed by atoms with Gasteiger partial charge in [-0.2, -0.15) is 0 Å². The van der Waals surface area contributed by atoms with Crippen LogP contribution in [0.3, 0.4) is 0 Å². The normalized spacial score (nSPS) is 23.3. The van der Waals surface area contributed by atoms with Gasteiger partial charge >= 0.3 is 0 Å². The average molecular weight is 639 g/mol. The molecule has 2 atom stereocenters. The van der Waals surface area contributed by atoms with E-state index in [9.17, 15) is 19.1 Å². The van der Waals surface area contributed by atoms with Crippen molar-refractivity contribution in [2.45, 2.75) is 56.6 Å². The molecular weight excluding hydrogens is 599 g/mol. The highest BCUT2D eigenvalue weighted by molar-refractivity contribution is 6.00. The molecule has 0 bridgehead atoms. The zero-order chi connectivity index (χ0) is 32.5. The zero-order valence-corrected chi connectivity index (χ0v) is 26.5. The molecule has 244 valence electrons. The summed E-state index contributed by atoms with van der Waals surface area (Å²) in [6, 6.07) is 17.5. The predicted octanol–water partition coefficient (Wildman–Crippen LogP) is 3.09. The Kier molecular flexibility index (Phi) is 8.57. The number of carbonyl (C=O) groups is 2. The summed E-state index contributed by atoms with van der Waals surface area (Å²) in [5, 5.41) is 15.4. The van der Waals surface area contributed by atoms with Crippen LogP contribution in [0.2, 0.25) is 0 Å². The smallest absolute Gasteiger partial charge is 0.257 e. The Balaban J connectivity index is 1.05. The number of nitrogens with zero attached hydrogens (tertiary/aromatic N) is 4. The number of anilines is 1. The molecule has 2 unspecified atom stereocenters. The number of aromatic nitrogens is 1. The third kappa shape index (κ3) is 6.16. The number of amides is 2. The van der Waals surface area contributed by atoms with Crippen LogP contribution >= 0.6 is 0 Å². The van der Waals surface area contributed by atoms with E-state index in [2.05, 4.69) is 38.3 Å². The second-order valence-electron chi connectivity index (χ2n) is 12.7. The van der Waals surface area contributed by atoms with Gasteiger partial charge < -0.3 is 25.0 Å². The van der Waals surface area contributed by atoms with Gasteiger partial charge in [-0.25, -0.2) is 14.7 Å². The van der Waals surface area contributed by atoms with Crippen molar-refractivity contribution in [2.75, 3.05) is 44.7 Å². The Bertz CT molecular complexity index is 1730. The summed E-state index contributed by atoms with van der Waals surface area (Å²) in [6.07, 6.45) is 5.38. The maximum atomic E-state index is 14.9. The van der Waals surface area contributed by atoms with Gasteiger partial charge in [-0.1, -0.05) is 55.4 Å². The lowest BCUT2D eigenvalue weighted by Crippen LogP contribution is -2.55. The molecule has 4 heterocycles. The van der Waals surface area contributed by atoms with Gasteiger partial charge in [0.15, 0.2) is 23.5 Å². The van der Waals surface area contributed by atoms with Gasteiger partial charge in [0.25, 0.3) is 11.8 Å². The van der Waals surface area contributed by atoms with E-state index in [0.717, 1.165) is 49.3 Å². The minimum atomic E-state index is -1.60. The third-order valence-electron chi connectivity index (χ3n) is 9.81. The van der Waals surface area contributed by atoms with E-state index in [-0.39, 0.29) is 24.4 Å². The fraction of sp³-hybridized carbons (Fsp3) is 0.417. The Morgan fingerprint density at radius 3 is 2.49 bits per heavy atom. The van der Waals surface area contributed by atoms with Crippen LogP contribution in [0.1, 0.15) is 53.6 Å². The van der Waals surface area contributed by atoms with Gasteiger partial charge in [-0.3, -0.25) is 14.5 Å². The molecule has 47 heavy (non-hydrogen) atoms. The Morgan fingerprint density at radius 2 is 1.79 bits per heavy atom. The summed E-state index contributed by atoms with van der Waals surface area (Å²) in [7, 11) is 1.33. The summed E-state index contributed by atoms with van der Waals surface area (Å²) in [5.41, 5.74) is 1.26. The van der Waals surface area contributed by atoms with Gasteiger partial charge in [-0.15, -0.1) is 0 Å². The average Bonchev–Trinajstić information content (AvgIpc) is 3.58. The minimum absolute atomic E-state index is 0.0290. The second-order valence-corrected chi connectivity index (χ2v) is 12.7. The van der Waals surface area contributed by atoms with Gasteiger partial charge in [0.2, 0.25) is 0 Å². The molecule has 2 saturated heterocycles. The number of aliphatic hydroxyl groups is 1. The maximum absolute atomic E-state index is 14.9. The number of fused-ring (bicyclic) bond motifs is 1. The Hall–Kier alpha value is -4.50. The number of aliphatic hydroxyl groups excluding tert-OH is 1. The van der Waals surface area contributed by atoms with Crippen LogP contribution in [0.5, 0.6) is 5.75 Å². The molecule has 1 aromatic heterocycles. The number of piperazine rings is 1. The fourth-order valence-corrected chi connectivity index (χ4v) is 7.23. The van der Waals surface area contributed by atoms with Crippen molar-refractivity contribution in [3.8, 4) is 28.8 Å². The first-order valence-corrected chi connectivity index (χ1v) is 16.3. The van der Waals surface area contributed by atoms with Crippen molar-refractivity contribution in [1.82, 2.24) is 25.4 Å². The largest absolute Gasteiger partial charge is 0.494 e. The number of ether oxygens (including phenoxy) is 1. The van der Waals surface area contributed by atoms with Crippen LogP contribution in [-0.2, 0) is 11.3 Å². The van der Waals surface area contributed by atoms with Crippen LogP contribution < -0.4 is 20.3 Å². The number of benzene rings is 2. The lowest BCUT2D eigenvalue weighted by atomic mass is 9.94. The molecule has 10 nitrogen and oxygen atoms in total. The van der Waals surface area contributed by atoms with Crippen molar-refractivity contribution in [3.05, 3.63) is 77.1 Å². The van der Waals surface area contributed by atoms with Crippen molar-refractivity contribution >= 4 is 17.6 Å². The second kappa shape index (κ2) is 13.0. The van der Waals surface area contributed by atoms with E-state index in [0.29, 0.717) is 11.1 Å². The summed E-state index contributed by atoms with van der Waals surface area (Å²) in [5.74, 6) is 5.08. The molecule has 2 aromatic carbocycles. The molecule has 3 N–H and O–H groups in total. The third-order valence-corrected chi connectivity index (χ3v) is 9.81. The van der Waals surface area contributed by atoms with Crippen LogP contribution in [0.15, 0.2) is 54.6 Å². The highest BCUT2D eigenvalue weighted by Crippen LogP contribution is 2.32. The van der Waals surface area contributed by atoms with Crippen LogP contribution in [0, 0.1) is 17.7 Å². The highest BCUT2D eigenvalue weighted by Gasteiger charge is 2.48. The van der Waals surface area contributed by atoms with Crippen molar-refractivity contribution in [2.24, 2.45) is 0 Å². The highest BCUT2D eigenvalue weighted by atomic mass is 19.1. The predicted molar refractivity (Wildman–Crippen MR) is 175 cm³/mol. The van der Waals surface area contributed by atoms with E-state index in [1.54, 1.807) is 6.07 Å². The number of halogens is 1. The minimum Gasteiger partial charge on any atom is -0.494 e. The summed E-state index contributed by atoms with van der Waals surface area (Å²) >= 11 is 0. The number of nitrogens with one attached hydrogen (secondary N) is 2. The first-order chi connectivity index (χ1) is 22.8. The zero-order valence-electron chi connectivity index (χ0n) is 26.5. The van der Waals surface area contributed by atoms with Gasteiger partial charge in [0.05, 0.1) is 24.9 Å². The molecule has 1 saturated carbocycles. The number of hydrogen-bond acceptors (Lipinski definition) is 8. The monoisotopic (exact) mass is 638 g/mol. The number of methoxy groups -OCH3 is 1. The van der Waals surface area contributed by atoms with E-state index in [4.69, 9.17) is 9.72 Å². The van der Waals surface area contributed by atoms with Gasteiger partial charge in [-0.05, 0) is 48.7 Å².